The molecule has 1 saturated carbocycles. The molecule has 0 spiro atoms. The van der Waals surface area contributed by atoms with Crippen LogP contribution in [0.5, 0.6) is 5.75 Å². The summed E-state index contributed by atoms with van der Waals surface area (Å²) in [6, 6.07) is 13.3. The van der Waals surface area contributed by atoms with Gasteiger partial charge in [0, 0.05) is 38.6 Å². The van der Waals surface area contributed by atoms with Crippen molar-refractivity contribution in [3.05, 3.63) is 63.3 Å². The maximum atomic E-state index is 13.2. The van der Waals surface area contributed by atoms with Gasteiger partial charge in [-0.3, -0.25) is 9.59 Å². The monoisotopic (exact) mass is 526 g/mol. The SMILES string of the molecule is O=C(CCNC[C@@H](O)c1ccccc1)N(CCNCCc1ccc(O)c2[nH]c(=O)sc12)C1CCCCC1. The highest BCUT2D eigenvalue weighted by molar-refractivity contribution is 7.16. The van der Waals surface area contributed by atoms with Crippen molar-refractivity contribution in [1.29, 1.82) is 0 Å². The van der Waals surface area contributed by atoms with Crippen molar-refractivity contribution in [3.8, 4) is 5.75 Å². The fourth-order valence-corrected chi connectivity index (χ4v) is 5.99. The van der Waals surface area contributed by atoms with Gasteiger partial charge in [0.25, 0.3) is 0 Å². The molecule has 1 fully saturated rings. The van der Waals surface area contributed by atoms with Gasteiger partial charge in [-0.05, 0) is 43.0 Å². The van der Waals surface area contributed by atoms with Gasteiger partial charge in [0.15, 0.2) is 0 Å². The largest absolute Gasteiger partial charge is 0.506 e. The Bertz CT molecular complexity index is 1190. The highest BCUT2D eigenvalue weighted by Crippen LogP contribution is 2.28. The number of phenols is 1. The van der Waals surface area contributed by atoms with E-state index in [1.807, 2.05) is 36.4 Å². The summed E-state index contributed by atoms with van der Waals surface area (Å²) in [5, 5.41) is 27.0. The molecule has 9 heteroatoms. The molecule has 0 aliphatic heterocycles. The first-order valence-corrected chi connectivity index (χ1v) is 14.1. The van der Waals surface area contributed by atoms with Gasteiger partial charge in [-0.25, -0.2) is 0 Å². The summed E-state index contributed by atoms with van der Waals surface area (Å²) in [4.78, 5) is 29.5. The molecule has 0 saturated heterocycles. The number of aromatic hydroxyl groups is 1. The van der Waals surface area contributed by atoms with Crippen molar-refractivity contribution in [2.75, 3.05) is 32.7 Å². The molecule has 37 heavy (non-hydrogen) atoms. The second-order valence-electron chi connectivity index (χ2n) is 9.72. The predicted octanol–water partition coefficient (Wildman–Crippen LogP) is 3.30. The van der Waals surface area contributed by atoms with E-state index in [0.717, 1.165) is 53.0 Å². The molecule has 2 aromatic carbocycles. The number of carbonyl (C=O) groups is 1. The Balaban J connectivity index is 1.23. The number of hydrogen-bond donors (Lipinski definition) is 5. The standard InChI is InChI=1S/C28H38N4O4S/c33-23-12-11-21(27-26(23)31-28(36)37-27)13-15-29-17-18-32(22-9-5-2-6-10-22)25(35)14-16-30-19-24(34)20-7-3-1-4-8-20/h1,3-4,7-8,11-12,22,24,29-30,33-34H,2,5-6,9-10,13-19H2,(H,31,36)/t24-/m1/s1. The molecule has 5 N–H and O–H groups in total. The number of carbonyl (C=O) groups excluding carboxylic acids is 1. The minimum Gasteiger partial charge on any atom is -0.506 e. The maximum absolute atomic E-state index is 13.2. The lowest BCUT2D eigenvalue weighted by atomic mass is 9.94. The zero-order valence-electron chi connectivity index (χ0n) is 21.2. The Kier molecular flexibility index (Phi) is 10.1. The smallest absolute Gasteiger partial charge is 0.305 e. The van der Waals surface area contributed by atoms with E-state index in [4.69, 9.17) is 0 Å². The van der Waals surface area contributed by atoms with E-state index in [9.17, 15) is 19.8 Å². The summed E-state index contributed by atoms with van der Waals surface area (Å²) >= 11 is 1.12. The fraction of sp³-hybridized carbons (Fsp3) is 0.500. The zero-order valence-corrected chi connectivity index (χ0v) is 22.1. The van der Waals surface area contributed by atoms with Gasteiger partial charge < -0.3 is 30.7 Å². The first kappa shape index (κ1) is 27.3. The topological polar surface area (TPSA) is 118 Å². The van der Waals surface area contributed by atoms with Crippen LogP contribution < -0.4 is 15.5 Å². The van der Waals surface area contributed by atoms with E-state index in [1.54, 1.807) is 6.07 Å². The summed E-state index contributed by atoms with van der Waals surface area (Å²) in [5.41, 5.74) is 2.40. The number of aromatic amines is 1. The van der Waals surface area contributed by atoms with E-state index in [2.05, 4.69) is 20.5 Å². The number of rotatable bonds is 13. The molecule has 1 aromatic heterocycles. The second-order valence-corrected chi connectivity index (χ2v) is 10.7. The van der Waals surface area contributed by atoms with Crippen LogP contribution in [0.1, 0.15) is 55.8 Å². The third-order valence-electron chi connectivity index (χ3n) is 7.11. The van der Waals surface area contributed by atoms with Gasteiger partial charge in [-0.15, -0.1) is 0 Å². The number of aromatic nitrogens is 1. The number of nitrogens with zero attached hydrogens (tertiary/aromatic N) is 1. The number of nitrogens with one attached hydrogen (secondary N) is 3. The maximum Gasteiger partial charge on any atom is 0.305 e. The molecule has 0 unspecified atom stereocenters. The number of amides is 1. The molecular formula is C28H38N4O4S. The Morgan fingerprint density at radius 1 is 1.05 bits per heavy atom. The Hall–Kier alpha value is -2.72. The molecule has 1 aliphatic rings. The third kappa shape index (κ3) is 7.64. The van der Waals surface area contributed by atoms with Crippen LogP contribution in [-0.4, -0.2) is 64.8 Å². The normalized spacial score (nSPS) is 15.2. The lowest BCUT2D eigenvalue weighted by Crippen LogP contribution is -2.45. The van der Waals surface area contributed by atoms with Crippen molar-refractivity contribution in [2.45, 2.75) is 57.1 Å². The van der Waals surface area contributed by atoms with Crippen molar-refractivity contribution in [2.24, 2.45) is 0 Å². The third-order valence-corrected chi connectivity index (χ3v) is 8.07. The van der Waals surface area contributed by atoms with Crippen LogP contribution in [0, 0.1) is 0 Å². The number of benzene rings is 2. The first-order valence-electron chi connectivity index (χ1n) is 13.3. The van der Waals surface area contributed by atoms with Crippen molar-refractivity contribution < 1.29 is 15.0 Å². The summed E-state index contributed by atoms with van der Waals surface area (Å²) in [6.45, 7) is 3.04. The van der Waals surface area contributed by atoms with Gasteiger partial charge in [0.05, 0.1) is 10.8 Å². The van der Waals surface area contributed by atoms with Gasteiger partial charge in [0.1, 0.15) is 11.3 Å². The average molecular weight is 527 g/mol. The number of aliphatic hydroxyl groups excluding tert-OH is 1. The van der Waals surface area contributed by atoms with Crippen LogP contribution in [0.4, 0.5) is 0 Å². The quantitative estimate of drug-likeness (QED) is 0.218. The van der Waals surface area contributed by atoms with E-state index < -0.39 is 6.10 Å². The number of H-pyrrole nitrogens is 1. The molecule has 3 aromatic rings. The highest BCUT2D eigenvalue weighted by Gasteiger charge is 2.24. The Labute approximate surface area is 221 Å². The Morgan fingerprint density at radius 2 is 1.84 bits per heavy atom. The number of fused-ring (bicyclic) bond motifs is 1. The average Bonchev–Trinajstić information content (AvgIpc) is 3.33. The predicted molar refractivity (Wildman–Crippen MR) is 148 cm³/mol. The summed E-state index contributed by atoms with van der Waals surface area (Å²) in [6.07, 6.45) is 6.25. The van der Waals surface area contributed by atoms with Gasteiger partial charge in [-0.2, -0.15) is 0 Å². The van der Waals surface area contributed by atoms with Gasteiger partial charge in [-0.1, -0.05) is 67.0 Å². The molecule has 200 valence electrons. The van der Waals surface area contributed by atoms with E-state index in [1.165, 1.54) is 19.3 Å². The fourth-order valence-electron chi connectivity index (χ4n) is 5.09. The van der Waals surface area contributed by atoms with E-state index in [0.29, 0.717) is 44.2 Å². The van der Waals surface area contributed by atoms with Crippen LogP contribution in [0.15, 0.2) is 47.3 Å². The van der Waals surface area contributed by atoms with E-state index in [-0.39, 0.29) is 16.5 Å². The van der Waals surface area contributed by atoms with Crippen LogP contribution in [0.3, 0.4) is 0 Å². The van der Waals surface area contributed by atoms with E-state index >= 15 is 0 Å². The Morgan fingerprint density at radius 3 is 2.62 bits per heavy atom. The minimum atomic E-state index is -0.586. The number of phenolic OH excluding ortho intramolecular Hbond substituents is 1. The van der Waals surface area contributed by atoms with Crippen LogP contribution >= 0.6 is 11.3 Å². The molecule has 0 radical (unpaired) electrons. The van der Waals surface area contributed by atoms with Crippen molar-refractivity contribution in [3.63, 3.8) is 0 Å². The lowest BCUT2D eigenvalue weighted by Gasteiger charge is -2.34. The van der Waals surface area contributed by atoms with Crippen molar-refractivity contribution in [1.82, 2.24) is 20.5 Å². The van der Waals surface area contributed by atoms with Gasteiger partial charge >= 0.3 is 4.87 Å². The van der Waals surface area contributed by atoms with Crippen LogP contribution in [0.2, 0.25) is 0 Å². The molecule has 1 atom stereocenters. The van der Waals surface area contributed by atoms with Gasteiger partial charge in [0.2, 0.25) is 5.91 Å². The molecule has 1 heterocycles. The molecule has 1 amide bonds. The molecule has 8 nitrogen and oxygen atoms in total. The number of hydrogen-bond acceptors (Lipinski definition) is 7. The minimum absolute atomic E-state index is 0.0933. The van der Waals surface area contributed by atoms with Crippen LogP contribution in [0.25, 0.3) is 10.2 Å². The van der Waals surface area contributed by atoms with Crippen molar-refractivity contribution >= 4 is 27.5 Å². The first-order chi connectivity index (χ1) is 18.0. The zero-order chi connectivity index (χ0) is 26.0. The molecule has 4 rings (SSSR count). The number of aliphatic hydroxyl groups is 1. The lowest BCUT2D eigenvalue weighted by molar-refractivity contribution is -0.134. The molecule has 1 aliphatic carbocycles. The van der Waals surface area contributed by atoms with Crippen LogP contribution in [-0.2, 0) is 11.2 Å². The second kappa shape index (κ2) is 13.7. The highest BCUT2D eigenvalue weighted by atomic mass is 32.1. The molecule has 0 bridgehead atoms. The molecular weight excluding hydrogens is 488 g/mol. The summed E-state index contributed by atoms with van der Waals surface area (Å²) in [7, 11) is 0. The summed E-state index contributed by atoms with van der Waals surface area (Å²) in [5.74, 6) is 0.253. The number of thiazole rings is 1. The summed E-state index contributed by atoms with van der Waals surface area (Å²) < 4.78 is 0.802.